The van der Waals surface area contributed by atoms with Crippen LogP contribution in [0.5, 0.6) is 17.2 Å². The molecule has 4 heteroatoms. The molecule has 154 valence electrons. The van der Waals surface area contributed by atoms with Crippen LogP contribution in [-0.2, 0) is 19.0 Å². The Morgan fingerprint density at radius 1 is 0.677 bits per heavy atom. The number of rotatable bonds is 6. The summed E-state index contributed by atoms with van der Waals surface area (Å²) in [5.41, 5.74) is 3.48. The molecule has 31 heavy (non-hydrogen) atoms. The van der Waals surface area contributed by atoms with Crippen molar-refractivity contribution in [1.82, 2.24) is 0 Å². The Labute approximate surface area is 181 Å². The predicted octanol–water partition coefficient (Wildman–Crippen LogP) is 5.43. The monoisotopic (exact) mass is 410 g/mol. The standard InChI is InChI=1S/C27H22O4/c28-18-21-16-24(29-19-20-10-4-1-5-11-20)26-25(17-21)30-27(31-26,22-12-6-2-7-13-22)23-14-8-3-9-15-23/h1-17,28H,18-19H2. The lowest BCUT2D eigenvalue weighted by Crippen LogP contribution is -2.36. The summed E-state index contributed by atoms with van der Waals surface area (Å²) in [6.45, 7) is 0.261. The van der Waals surface area contributed by atoms with Gasteiger partial charge in [-0.3, -0.25) is 0 Å². The van der Waals surface area contributed by atoms with E-state index >= 15 is 0 Å². The smallest absolute Gasteiger partial charge is 0.305 e. The van der Waals surface area contributed by atoms with Crippen molar-refractivity contribution in [2.45, 2.75) is 19.0 Å². The lowest BCUT2D eigenvalue weighted by atomic mass is 9.97. The minimum atomic E-state index is -1.14. The first-order valence-electron chi connectivity index (χ1n) is 10.2. The molecule has 1 aliphatic rings. The molecule has 4 nitrogen and oxygen atoms in total. The highest BCUT2D eigenvalue weighted by Gasteiger charge is 2.46. The second kappa shape index (κ2) is 8.17. The number of fused-ring (bicyclic) bond motifs is 1. The topological polar surface area (TPSA) is 47.9 Å². The van der Waals surface area contributed by atoms with E-state index in [1.807, 2.05) is 91.0 Å². The quantitative estimate of drug-likeness (QED) is 0.460. The fourth-order valence-electron chi connectivity index (χ4n) is 3.78. The maximum atomic E-state index is 9.79. The molecule has 0 saturated carbocycles. The third-order valence-corrected chi connectivity index (χ3v) is 5.31. The van der Waals surface area contributed by atoms with Crippen molar-refractivity contribution >= 4 is 0 Å². The summed E-state index contributed by atoms with van der Waals surface area (Å²) in [6.07, 6.45) is 0. The van der Waals surface area contributed by atoms with E-state index in [-0.39, 0.29) is 6.61 Å². The third kappa shape index (κ3) is 3.62. The number of aliphatic hydroxyl groups is 1. The number of benzene rings is 4. The highest BCUT2D eigenvalue weighted by Crippen LogP contribution is 2.52. The summed E-state index contributed by atoms with van der Waals surface area (Å²) in [6, 6.07) is 33.2. The summed E-state index contributed by atoms with van der Waals surface area (Å²) in [5, 5.41) is 9.79. The average molecular weight is 410 g/mol. The SMILES string of the molecule is OCc1cc(OCc2ccccc2)c2c(c1)OC(c1ccccc1)(c1ccccc1)O2. The molecule has 0 fully saturated rings. The maximum absolute atomic E-state index is 9.79. The molecule has 0 bridgehead atoms. The van der Waals surface area contributed by atoms with Crippen molar-refractivity contribution in [2.75, 3.05) is 0 Å². The summed E-state index contributed by atoms with van der Waals surface area (Å²) in [4.78, 5) is 0. The van der Waals surface area contributed by atoms with Gasteiger partial charge in [0.1, 0.15) is 6.61 Å². The Morgan fingerprint density at radius 3 is 1.84 bits per heavy atom. The molecule has 0 unspecified atom stereocenters. The molecular formula is C27H22O4. The van der Waals surface area contributed by atoms with Gasteiger partial charge in [0.15, 0.2) is 11.5 Å². The summed E-state index contributed by atoms with van der Waals surface area (Å²) < 4.78 is 19.2. The zero-order chi connectivity index (χ0) is 21.1. The largest absolute Gasteiger partial charge is 0.485 e. The molecule has 0 aromatic heterocycles. The van der Waals surface area contributed by atoms with E-state index in [1.165, 1.54) is 0 Å². The molecule has 1 N–H and O–H groups in total. The van der Waals surface area contributed by atoms with Crippen LogP contribution < -0.4 is 14.2 Å². The molecule has 5 rings (SSSR count). The first-order valence-corrected chi connectivity index (χ1v) is 10.2. The molecule has 1 aliphatic heterocycles. The lowest BCUT2D eigenvalue weighted by molar-refractivity contribution is -0.0469. The van der Waals surface area contributed by atoms with Crippen LogP contribution in [0.4, 0.5) is 0 Å². The molecule has 4 aromatic rings. The van der Waals surface area contributed by atoms with Crippen LogP contribution >= 0.6 is 0 Å². The molecule has 4 aromatic carbocycles. The van der Waals surface area contributed by atoms with Gasteiger partial charge >= 0.3 is 5.79 Å². The van der Waals surface area contributed by atoms with Crippen molar-refractivity contribution in [3.8, 4) is 17.2 Å². The van der Waals surface area contributed by atoms with Crippen molar-refractivity contribution in [2.24, 2.45) is 0 Å². The minimum Gasteiger partial charge on any atom is -0.485 e. The van der Waals surface area contributed by atoms with Crippen LogP contribution in [0, 0.1) is 0 Å². The van der Waals surface area contributed by atoms with Gasteiger partial charge in [0.05, 0.1) is 6.61 Å². The molecule has 0 radical (unpaired) electrons. The Balaban J connectivity index is 1.57. The van der Waals surface area contributed by atoms with Crippen molar-refractivity contribution < 1.29 is 19.3 Å². The molecule has 0 amide bonds. The zero-order valence-corrected chi connectivity index (χ0v) is 16.9. The summed E-state index contributed by atoms with van der Waals surface area (Å²) in [7, 11) is 0. The summed E-state index contributed by atoms with van der Waals surface area (Å²) >= 11 is 0. The minimum absolute atomic E-state index is 0.123. The Bertz CT molecular complexity index is 1120. The molecule has 0 atom stereocenters. The van der Waals surface area contributed by atoms with Gasteiger partial charge in [-0.1, -0.05) is 91.0 Å². The molecular weight excluding hydrogens is 388 g/mol. The van der Waals surface area contributed by atoms with Crippen LogP contribution in [0.2, 0.25) is 0 Å². The van der Waals surface area contributed by atoms with Gasteiger partial charge < -0.3 is 19.3 Å². The third-order valence-electron chi connectivity index (χ3n) is 5.31. The molecule has 0 saturated heterocycles. The van der Waals surface area contributed by atoms with Gasteiger partial charge in [-0.05, 0) is 23.3 Å². The second-order valence-electron chi connectivity index (χ2n) is 7.41. The average Bonchev–Trinajstić information content (AvgIpc) is 3.25. The molecule has 0 spiro atoms. The van der Waals surface area contributed by atoms with E-state index < -0.39 is 5.79 Å². The Morgan fingerprint density at radius 2 is 1.26 bits per heavy atom. The fraction of sp³-hybridized carbons (Fsp3) is 0.111. The predicted molar refractivity (Wildman–Crippen MR) is 118 cm³/mol. The van der Waals surface area contributed by atoms with Gasteiger partial charge in [-0.2, -0.15) is 0 Å². The lowest BCUT2D eigenvalue weighted by Gasteiger charge is -2.28. The number of ether oxygens (including phenoxy) is 3. The van der Waals surface area contributed by atoms with Gasteiger partial charge in [-0.25, -0.2) is 0 Å². The Hall–Kier alpha value is -3.76. The highest BCUT2D eigenvalue weighted by atomic mass is 16.7. The van der Waals surface area contributed by atoms with Crippen LogP contribution in [0.25, 0.3) is 0 Å². The Kier molecular flexibility index (Phi) is 5.06. The van der Waals surface area contributed by atoms with Crippen LogP contribution in [0.15, 0.2) is 103 Å². The number of hydrogen-bond acceptors (Lipinski definition) is 4. The van der Waals surface area contributed by atoms with Crippen LogP contribution in [-0.4, -0.2) is 5.11 Å². The van der Waals surface area contributed by atoms with Gasteiger partial charge in [-0.15, -0.1) is 0 Å². The molecule has 1 heterocycles. The van der Waals surface area contributed by atoms with E-state index in [0.29, 0.717) is 29.4 Å². The number of aliphatic hydroxyl groups excluding tert-OH is 1. The van der Waals surface area contributed by atoms with E-state index in [0.717, 1.165) is 16.7 Å². The van der Waals surface area contributed by atoms with E-state index in [2.05, 4.69) is 0 Å². The first-order chi connectivity index (χ1) is 15.3. The van der Waals surface area contributed by atoms with E-state index in [1.54, 1.807) is 12.1 Å². The van der Waals surface area contributed by atoms with Gasteiger partial charge in [0, 0.05) is 11.1 Å². The summed E-state index contributed by atoms with van der Waals surface area (Å²) in [5.74, 6) is 0.478. The van der Waals surface area contributed by atoms with E-state index in [9.17, 15) is 5.11 Å². The van der Waals surface area contributed by atoms with Crippen molar-refractivity contribution in [3.05, 3.63) is 125 Å². The first kappa shape index (κ1) is 19.2. The van der Waals surface area contributed by atoms with Gasteiger partial charge in [0.25, 0.3) is 0 Å². The molecule has 0 aliphatic carbocycles. The number of hydrogen-bond donors (Lipinski definition) is 1. The second-order valence-corrected chi connectivity index (χ2v) is 7.41. The van der Waals surface area contributed by atoms with Crippen LogP contribution in [0.1, 0.15) is 22.3 Å². The van der Waals surface area contributed by atoms with Crippen molar-refractivity contribution in [3.63, 3.8) is 0 Å². The van der Waals surface area contributed by atoms with Crippen molar-refractivity contribution in [1.29, 1.82) is 0 Å². The maximum Gasteiger partial charge on any atom is 0.305 e. The zero-order valence-electron chi connectivity index (χ0n) is 16.9. The van der Waals surface area contributed by atoms with Gasteiger partial charge in [0.2, 0.25) is 5.75 Å². The normalized spacial score (nSPS) is 13.7. The van der Waals surface area contributed by atoms with E-state index in [4.69, 9.17) is 14.2 Å². The highest BCUT2D eigenvalue weighted by molar-refractivity contribution is 5.58. The fourth-order valence-corrected chi connectivity index (χ4v) is 3.78. The van der Waals surface area contributed by atoms with Crippen LogP contribution in [0.3, 0.4) is 0 Å².